The summed E-state index contributed by atoms with van der Waals surface area (Å²) < 4.78 is 29.6. The van der Waals surface area contributed by atoms with E-state index in [1.54, 1.807) is 18.2 Å². The van der Waals surface area contributed by atoms with Crippen LogP contribution in [0, 0.1) is 13.8 Å². The van der Waals surface area contributed by atoms with Gasteiger partial charge < -0.3 is 19.9 Å². The molecule has 3 rings (SSSR count). The Hall–Kier alpha value is -2.67. The number of piperazine rings is 1. The molecule has 156 valence electrons. The van der Waals surface area contributed by atoms with Gasteiger partial charge in [0.05, 0.1) is 31.9 Å². The average Bonchev–Trinajstić information content (AvgIpc) is 2.71. The van der Waals surface area contributed by atoms with Crippen molar-refractivity contribution in [1.82, 2.24) is 0 Å². The predicted octanol–water partition coefficient (Wildman–Crippen LogP) is 2.64. The van der Waals surface area contributed by atoms with Crippen LogP contribution < -0.4 is 19.9 Å². The van der Waals surface area contributed by atoms with E-state index >= 15 is 0 Å². The van der Waals surface area contributed by atoms with Crippen molar-refractivity contribution in [1.29, 1.82) is 0 Å². The molecule has 0 saturated carbocycles. The third-order valence-electron chi connectivity index (χ3n) is 5.69. The van der Waals surface area contributed by atoms with E-state index < -0.39 is 6.61 Å². The Morgan fingerprint density at radius 2 is 1.79 bits per heavy atom. The van der Waals surface area contributed by atoms with Crippen molar-refractivity contribution in [3.63, 3.8) is 0 Å². The molecule has 1 aliphatic rings. The summed E-state index contributed by atoms with van der Waals surface area (Å²) in [4.78, 5) is 16.3. The summed E-state index contributed by atoms with van der Waals surface area (Å²) in [6, 6.07) is 12.3. The van der Waals surface area contributed by atoms with Crippen LogP contribution in [0.3, 0.4) is 0 Å². The van der Waals surface area contributed by atoms with Crippen molar-refractivity contribution in [3.8, 4) is 5.75 Å². The number of ether oxygens (including phenoxy) is 1. The zero-order chi connectivity index (χ0) is 21.0. The van der Waals surface area contributed by atoms with Crippen molar-refractivity contribution in [2.75, 3.05) is 36.4 Å². The number of amides is 1. The maximum absolute atomic E-state index is 12.7. The first-order valence-corrected chi connectivity index (χ1v) is 9.87. The van der Waals surface area contributed by atoms with E-state index in [2.05, 4.69) is 47.0 Å². The summed E-state index contributed by atoms with van der Waals surface area (Å²) in [5.74, 6) is -0.233. The van der Waals surface area contributed by atoms with E-state index in [1.807, 2.05) is 6.92 Å². The molecule has 2 N–H and O–H groups in total. The first-order chi connectivity index (χ1) is 13.9. The smallest absolute Gasteiger partial charge is 0.387 e. The fraction of sp³-hybridized carbons (Fsp3) is 0.409. The molecule has 0 radical (unpaired) electrons. The van der Waals surface area contributed by atoms with Crippen LogP contribution in [0.4, 0.5) is 20.2 Å². The Morgan fingerprint density at radius 3 is 2.48 bits per heavy atom. The summed E-state index contributed by atoms with van der Waals surface area (Å²) in [7, 11) is 0. The van der Waals surface area contributed by atoms with Crippen molar-refractivity contribution < 1.29 is 23.2 Å². The number of nitrogens with one attached hydrogen (secondary N) is 2. The summed E-state index contributed by atoms with van der Waals surface area (Å²) in [5, 5.41) is 2.74. The van der Waals surface area contributed by atoms with Crippen LogP contribution in [0.1, 0.15) is 18.1 Å². The third kappa shape index (κ3) is 5.03. The highest BCUT2D eigenvalue weighted by atomic mass is 19.3. The van der Waals surface area contributed by atoms with Crippen LogP contribution in [0.2, 0.25) is 0 Å². The van der Waals surface area contributed by atoms with Crippen LogP contribution in [-0.2, 0) is 4.79 Å². The van der Waals surface area contributed by atoms with E-state index in [1.165, 1.54) is 27.8 Å². The number of hydrogen-bond acceptors (Lipinski definition) is 3. The molecule has 1 atom stereocenters. The Labute approximate surface area is 170 Å². The molecule has 0 spiro atoms. The number of quaternary nitrogens is 1. The van der Waals surface area contributed by atoms with Gasteiger partial charge in [-0.25, -0.2) is 0 Å². The molecule has 2 aromatic rings. The average molecular weight is 404 g/mol. The Balaban J connectivity index is 1.60. The first kappa shape index (κ1) is 21.0. The topological polar surface area (TPSA) is 46.0 Å². The lowest BCUT2D eigenvalue weighted by Gasteiger charge is -2.36. The molecule has 0 unspecified atom stereocenters. The molecule has 5 nitrogen and oxygen atoms in total. The molecule has 1 saturated heterocycles. The minimum absolute atomic E-state index is 0.0298. The maximum Gasteiger partial charge on any atom is 0.387 e. The minimum atomic E-state index is -2.94. The van der Waals surface area contributed by atoms with Gasteiger partial charge in [0.15, 0.2) is 6.04 Å². The SMILES string of the molecule is Cc1cccc(N2CC[NH+]([C@H](C)C(=O)Nc3ccccc3OC(F)F)CC2)c1C. The second-order valence-electron chi connectivity index (χ2n) is 7.45. The summed E-state index contributed by atoms with van der Waals surface area (Å²) in [6.45, 7) is 6.57. The van der Waals surface area contributed by atoms with Gasteiger partial charge in [-0.05, 0) is 50.1 Å². The van der Waals surface area contributed by atoms with Gasteiger partial charge in [-0.1, -0.05) is 24.3 Å². The first-order valence-electron chi connectivity index (χ1n) is 9.87. The number of carbonyl (C=O) groups is 1. The molecule has 1 aliphatic heterocycles. The van der Waals surface area contributed by atoms with E-state index in [0.29, 0.717) is 0 Å². The van der Waals surface area contributed by atoms with Gasteiger partial charge in [-0.15, -0.1) is 0 Å². The molecular formula is C22H28F2N3O2+. The Kier molecular flexibility index (Phi) is 6.69. The van der Waals surface area contributed by atoms with E-state index in [9.17, 15) is 13.6 Å². The standard InChI is InChI=1S/C22H27F2N3O2/c1-15-7-6-9-19(16(15)2)27-13-11-26(12-14-27)17(3)21(28)25-18-8-4-5-10-20(18)29-22(23)24/h4-10,17,22H,11-14H2,1-3H3,(H,25,28)/p+1/t17-/m1/s1. The van der Waals surface area contributed by atoms with Crippen LogP contribution in [0.15, 0.2) is 42.5 Å². The van der Waals surface area contributed by atoms with Gasteiger partial charge in [0.2, 0.25) is 0 Å². The quantitative estimate of drug-likeness (QED) is 0.778. The van der Waals surface area contributed by atoms with Gasteiger partial charge in [0.1, 0.15) is 5.75 Å². The lowest BCUT2D eigenvalue weighted by atomic mass is 10.1. The van der Waals surface area contributed by atoms with Crippen LogP contribution in [-0.4, -0.2) is 44.7 Å². The number of nitrogens with zero attached hydrogens (tertiary/aromatic N) is 1. The highest BCUT2D eigenvalue weighted by Crippen LogP contribution is 2.25. The van der Waals surface area contributed by atoms with Gasteiger partial charge >= 0.3 is 6.61 Å². The largest absolute Gasteiger partial charge is 0.433 e. The molecule has 0 aromatic heterocycles. The number of benzene rings is 2. The highest BCUT2D eigenvalue weighted by molar-refractivity contribution is 5.94. The number of carbonyl (C=O) groups excluding carboxylic acids is 1. The fourth-order valence-electron chi connectivity index (χ4n) is 3.74. The number of anilines is 2. The molecule has 0 aliphatic carbocycles. The number of rotatable bonds is 6. The molecular weight excluding hydrogens is 376 g/mol. The maximum atomic E-state index is 12.7. The number of halogens is 2. The van der Waals surface area contributed by atoms with Gasteiger partial charge in [0.25, 0.3) is 5.91 Å². The van der Waals surface area contributed by atoms with Gasteiger partial charge in [0, 0.05) is 5.69 Å². The molecule has 29 heavy (non-hydrogen) atoms. The van der Waals surface area contributed by atoms with Crippen LogP contribution in [0.25, 0.3) is 0 Å². The number of para-hydroxylation sites is 2. The molecule has 7 heteroatoms. The van der Waals surface area contributed by atoms with Gasteiger partial charge in [-0.3, -0.25) is 4.79 Å². The van der Waals surface area contributed by atoms with Crippen molar-refractivity contribution in [3.05, 3.63) is 53.6 Å². The monoisotopic (exact) mass is 404 g/mol. The Bertz CT molecular complexity index is 852. The highest BCUT2D eigenvalue weighted by Gasteiger charge is 2.30. The second-order valence-corrected chi connectivity index (χ2v) is 7.45. The Morgan fingerprint density at radius 1 is 1.10 bits per heavy atom. The molecule has 1 amide bonds. The number of alkyl halides is 2. The second kappa shape index (κ2) is 9.22. The number of hydrogen-bond donors (Lipinski definition) is 2. The normalized spacial score (nSPS) is 16.0. The zero-order valence-electron chi connectivity index (χ0n) is 17.0. The number of aryl methyl sites for hydroxylation is 1. The van der Waals surface area contributed by atoms with E-state index in [4.69, 9.17) is 0 Å². The van der Waals surface area contributed by atoms with Gasteiger partial charge in [-0.2, -0.15) is 8.78 Å². The van der Waals surface area contributed by atoms with Crippen LogP contribution >= 0.6 is 0 Å². The molecule has 1 fully saturated rings. The van der Waals surface area contributed by atoms with Crippen molar-refractivity contribution >= 4 is 17.3 Å². The summed E-state index contributed by atoms with van der Waals surface area (Å²) >= 11 is 0. The van der Waals surface area contributed by atoms with Crippen molar-refractivity contribution in [2.45, 2.75) is 33.4 Å². The predicted molar refractivity (Wildman–Crippen MR) is 110 cm³/mol. The summed E-state index contributed by atoms with van der Waals surface area (Å²) in [5.41, 5.74) is 4.07. The van der Waals surface area contributed by atoms with E-state index in [-0.39, 0.29) is 23.4 Å². The lowest BCUT2D eigenvalue weighted by Crippen LogP contribution is -3.19. The van der Waals surface area contributed by atoms with Crippen molar-refractivity contribution in [2.24, 2.45) is 0 Å². The van der Waals surface area contributed by atoms with Crippen LogP contribution in [0.5, 0.6) is 5.75 Å². The summed E-state index contributed by atoms with van der Waals surface area (Å²) in [6.07, 6.45) is 0. The molecule has 1 heterocycles. The third-order valence-corrected chi connectivity index (χ3v) is 5.69. The lowest BCUT2D eigenvalue weighted by molar-refractivity contribution is -0.914. The fourth-order valence-corrected chi connectivity index (χ4v) is 3.74. The molecule has 0 bridgehead atoms. The minimum Gasteiger partial charge on any atom is -0.433 e. The zero-order valence-corrected chi connectivity index (χ0v) is 17.0. The van der Waals surface area contributed by atoms with E-state index in [0.717, 1.165) is 26.2 Å². The molecule has 2 aromatic carbocycles.